The standard InChI is InChI=1S/C18H31N3O4/c1-3-4-5-9-18(23-11-12-24-18)10-8-15-6-7-17(22)25-14(2)13-16(15)20-21-19/h14-16H,3-13H2,1-2H3/t14-,15+,16-/m1/s1. The van der Waals surface area contributed by atoms with Crippen LogP contribution in [-0.4, -0.2) is 37.1 Å². The van der Waals surface area contributed by atoms with Crippen LogP contribution < -0.4 is 0 Å². The molecule has 0 aliphatic carbocycles. The second-order valence-corrected chi connectivity index (χ2v) is 7.21. The molecule has 0 amide bonds. The summed E-state index contributed by atoms with van der Waals surface area (Å²) in [6.45, 7) is 5.32. The molecule has 2 saturated heterocycles. The largest absolute Gasteiger partial charge is 0.463 e. The molecule has 25 heavy (non-hydrogen) atoms. The Kier molecular flexibility index (Phi) is 8.00. The van der Waals surface area contributed by atoms with Gasteiger partial charge in [0.1, 0.15) is 0 Å². The van der Waals surface area contributed by atoms with Crippen molar-refractivity contribution in [2.24, 2.45) is 11.0 Å². The summed E-state index contributed by atoms with van der Waals surface area (Å²) in [4.78, 5) is 14.8. The van der Waals surface area contributed by atoms with Crippen molar-refractivity contribution in [1.82, 2.24) is 0 Å². The fourth-order valence-corrected chi connectivity index (χ4v) is 3.86. The summed E-state index contributed by atoms with van der Waals surface area (Å²) in [5, 5.41) is 3.99. The number of cyclic esters (lactones) is 1. The number of hydrogen-bond donors (Lipinski definition) is 0. The summed E-state index contributed by atoms with van der Waals surface area (Å²) in [6.07, 6.45) is 7.34. The Balaban J connectivity index is 2.00. The number of nitrogens with zero attached hydrogens (tertiary/aromatic N) is 3. The third-order valence-electron chi connectivity index (χ3n) is 5.24. The van der Waals surface area contributed by atoms with Gasteiger partial charge in [0.2, 0.25) is 0 Å². The molecule has 0 saturated carbocycles. The van der Waals surface area contributed by atoms with Crippen molar-refractivity contribution in [3.63, 3.8) is 0 Å². The zero-order valence-electron chi connectivity index (χ0n) is 15.5. The lowest BCUT2D eigenvalue weighted by atomic mass is 9.84. The van der Waals surface area contributed by atoms with Gasteiger partial charge in [0.05, 0.1) is 19.3 Å². The minimum atomic E-state index is -0.495. The van der Waals surface area contributed by atoms with Gasteiger partial charge in [-0.05, 0) is 44.1 Å². The van der Waals surface area contributed by atoms with E-state index >= 15 is 0 Å². The highest BCUT2D eigenvalue weighted by atomic mass is 16.7. The van der Waals surface area contributed by atoms with Crippen LogP contribution in [0.4, 0.5) is 0 Å². The topological polar surface area (TPSA) is 93.5 Å². The number of carbonyl (C=O) groups is 1. The van der Waals surface area contributed by atoms with Gasteiger partial charge in [-0.3, -0.25) is 4.79 Å². The number of ether oxygens (including phenoxy) is 3. The van der Waals surface area contributed by atoms with Crippen LogP contribution in [0.2, 0.25) is 0 Å². The lowest BCUT2D eigenvalue weighted by Gasteiger charge is -2.33. The van der Waals surface area contributed by atoms with Gasteiger partial charge in [0.15, 0.2) is 5.79 Å². The molecule has 0 N–H and O–H groups in total. The molecule has 2 aliphatic rings. The van der Waals surface area contributed by atoms with Crippen LogP contribution in [0.1, 0.15) is 71.6 Å². The lowest BCUT2D eigenvalue weighted by molar-refractivity contribution is -0.171. The number of hydrogen-bond acceptors (Lipinski definition) is 5. The van der Waals surface area contributed by atoms with E-state index in [9.17, 15) is 4.79 Å². The van der Waals surface area contributed by atoms with Gasteiger partial charge in [0, 0.05) is 30.2 Å². The number of unbranched alkanes of at least 4 members (excludes halogenated alkanes) is 2. The highest BCUT2D eigenvalue weighted by Crippen LogP contribution is 2.35. The average Bonchev–Trinajstić information content (AvgIpc) is 3.03. The van der Waals surface area contributed by atoms with Crippen LogP contribution >= 0.6 is 0 Å². The Bertz CT molecular complexity index is 473. The highest BCUT2D eigenvalue weighted by Gasteiger charge is 2.37. The van der Waals surface area contributed by atoms with Crippen molar-refractivity contribution < 1.29 is 19.0 Å². The van der Waals surface area contributed by atoms with Gasteiger partial charge in [-0.2, -0.15) is 0 Å². The van der Waals surface area contributed by atoms with E-state index in [-0.39, 0.29) is 24.0 Å². The zero-order valence-corrected chi connectivity index (χ0v) is 15.5. The van der Waals surface area contributed by atoms with Gasteiger partial charge in [-0.15, -0.1) is 0 Å². The fraction of sp³-hybridized carbons (Fsp3) is 0.944. The van der Waals surface area contributed by atoms with E-state index in [0.29, 0.717) is 32.5 Å². The zero-order chi connectivity index (χ0) is 18.1. The molecule has 142 valence electrons. The quantitative estimate of drug-likeness (QED) is 0.211. The summed E-state index contributed by atoms with van der Waals surface area (Å²) < 4.78 is 17.2. The van der Waals surface area contributed by atoms with Crippen LogP contribution in [0.15, 0.2) is 5.11 Å². The molecule has 0 spiro atoms. The maximum atomic E-state index is 11.8. The van der Waals surface area contributed by atoms with Crippen LogP contribution in [0.5, 0.6) is 0 Å². The Hall–Kier alpha value is -1.30. The highest BCUT2D eigenvalue weighted by molar-refractivity contribution is 5.69. The Morgan fingerprint density at radius 3 is 2.72 bits per heavy atom. The maximum Gasteiger partial charge on any atom is 0.306 e. The number of esters is 1. The number of carbonyl (C=O) groups excluding carboxylic acids is 1. The molecule has 2 aliphatic heterocycles. The van der Waals surface area contributed by atoms with Crippen molar-refractivity contribution >= 4 is 5.97 Å². The van der Waals surface area contributed by atoms with E-state index < -0.39 is 5.79 Å². The molecule has 0 radical (unpaired) electrons. The molecule has 0 aromatic rings. The predicted molar refractivity (Wildman–Crippen MR) is 93.8 cm³/mol. The van der Waals surface area contributed by atoms with Crippen molar-refractivity contribution in [3.8, 4) is 0 Å². The molecule has 0 aromatic heterocycles. The first-order valence-corrected chi connectivity index (χ1v) is 9.60. The van der Waals surface area contributed by atoms with E-state index in [2.05, 4.69) is 16.9 Å². The molecule has 0 aromatic carbocycles. The van der Waals surface area contributed by atoms with Crippen LogP contribution in [0.25, 0.3) is 10.4 Å². The van der Waals surface area contributed by atoms with Gasteiger partial charge < -0.3 is 14.2 Å². The van der Waals surface area contributed by atoms with Gasteiger partial charge >= 0.3 is 5.97 Å². The van der Waals surface area contributed by atoms with Crippen LogP contribution in [-0.2, 0) is 19.0 Å². The third-order valence-corrected chi connectivity index (χ3v) is 5.24. The first-order chi connectivity index (χ1) is 12.1. The van der Waals surface area contributed by atoms with Gasteiger partial charge in [-0.25, -0.2) is 0 Å². The molecule has 3 atom stereocenters. The second kappa shape index (κ2) is 10.00. The monoisotopic (exact) mass is 353 g/mol. The summed E-state index contributed by atoms with van der Waals surface area (Å²) in [6, 6.07) is -0.151. The normalized spacial score (nSPS) is 29.4. The van der Waals surface area contributed by atoms with Crippen LogP contribution in [0, 0.1) is 5.92 Å². The Morgan fingerprint density at radius 2 is 2.04 bits per heavy atom. The molecule has 7 nitrogen and oxygen atoms in total. The first-order valence-electron chi connectivity index (χ1n) is 9.60. The minimum absolute atomic E-state index is 0.151. The van der Waals surface area contributed by atoms with Crippen molar-refractivity contribution in [2.75, 3.05) is 13.2 Å². The lowest BCUT2D eigenvalue weighted by Crippen LogP contribution is -2.34. The summed E-state index contributed by atoms with van der Waals surface area (Å²) in [7, 11) is 0. The Morgan fingerprint density at radius 1 is 1.28 bits per heavy atom. The van der Waals surface area contributed by atoms with Gasteiger partial charge in [0.25, 0.3) is 0 Å². The van der Waals surface area contributed by atoms with Crippen molar-refractivity contribution in [1.29, 1.82) is 0 Å². The van der Waals surface area contributed by atoms with E-state index in [4.69, 9.17) is 19.7 Å². The SMILES string of the molecule is CCCCCC1(CC[C@@H]2CCC(=O)O[C@H](C)C[C@H]2N=[N+]=[N-])OCCO1. The minimum Gasteiger partial charge on any atom is -0.463 e. The second-order valence-electron chi connectivity index (χ2n) is 7.21. The third kappa shape index (κ3) is 6.17. The molecule has 2 rings (SSSR count). The number of azide groups is 1. The van der Waals surface area contributed by atoms with E-state index in [0.717, 1.165) is 32.1 Å². The van der Waals surface area contributed by atoms with Crippen molar-refractivity contribution in [3.05, 3.63) is 10.4 Å². The predicted octanol–water partition coefficient (Wildman–Crippen LogP) is 4.50. The molecule has 0 bridgehead atoms. The van der Waals surface area contributed by atoms with Crippen molar-refractivity contribution in [2.45, 2.75) is 89.6 Å². The summed E-state index contributed by atoms with van der Waals surface area (Å²) >= 11 is 0. The van der Waals surface area contributed by atoms with E-state index in [1.807, 2.05) is 6.92 Å². The smallest absolute Gasteiger partial charge is 0.306 e. The van der Waals surface area contributed by atoms with E-state index in [1.54, 1.807) is 0 Å². The molecule has 2 heterocycles. The van der Waals surface area contributed by atoms with E-state index in [1.165, 1.54) is 6.42 Å². The fourth-order valence-electron chi connectivity index (χ4n) is 3.86. The molecule has 2 fully saturated rings. The molecular weight excluding hydrogens is 322 g/mol. The number of rotatable bonds is 8. The molecule has 0 unspecified atom stereocenters. The summed E-state index contributed by atoms with van der Waals surface area (Å²) in [5.41, 5.74) is 8.91. The van der Waals surface area contributed by atoms with Gasteiger partial charge in [-0.1, -0.05) is 24.9 Å². The molecule has 7 heteroatoms. The average molecular weight is 353 g/mol. The van der Waals surface area contributed by atoms with Crippen LogP contribution in [0.3, 0.4) is 0 Å². The molecular formula is C18H31N3O4. The first kappa shape index (κ1) is 20.0. The Labute approximate surface area is 150 Å². The maximum absolute atomic E-state index is 11.8. The summed E-state index contributed by atoms with van der Waals surface area (Å²) in [5.74, 6) is -0.505.